The van der Waals surface area contributed by atoms with Crippen LogP contribution in [0, 0.1) is 5.82 Å². The molecule has 1 amide bonds. The lowest BCUT2D eigenvalue weighted by Gasteiger charge is -2.24. The van der Waals surface area contributed by atoms with Gasteiger partial charge < -0.3 is 4.90 Å². The van der Waals surface area contributed by atoms with Crippen molar-refractivity contribution in [1.29, 1.82) is 0 Å². The van der Waals surface area contributed by atoms with Gasteiger partial charge in [-0.05, 0) is 23.3 Å². The Hall–Kier alpha value is -2.19. The zero-order valence-corrected chi connectivity index (χ0v) is 16.6. The Morgan fingerprint density at radius 1 is 1.07 bits per heavy atom. The lowest BCUT2D eigenvalue weighted by Crippen LogP contribution is -2.37. The number of sulfone groups is 1. The Morgan fingerprint density at radius 2 is 1.79 bits per heavy atom. The summed E-state index contributed by atoms with van der Waals surface area (Å²) in [5.74, 6) is -0.478. The quantitative estimate of drug-likeness (QED) is 0.764. The predicted molar refractivity (Wildman–Crippen MR) is 108 cm³/mol. The van der Waals surface area contributed by atoms with Gasteiger partial charge in [0.25, 0.3) is 5.91 Å². The summed E-state index contributed by atoms with van der Waals surface area (Å²) in [6.07, 6.45) is 0.0805. The highest BCUT2D eigenvalue weighted by atomic mass is 32.2. The van der Waals surface area contributed by atoms with E-state index in [-0.39, 0.29) is 40.9 Å². The highest BCUT2D eigenvalue weighted by molar-refractivity contribution is 8.15. The van der Waals surface area contributed by atoms with Crippen LogP contribution in [0.5, 0.6) is 0 Å². The van der Waals surface area contributed by atoms with Gasteiger partial charge in [-0.3, -0.25) is 4.79 Å². The first-order chi connectivity index (χ1) is 13.4. The van der Waals surface area contributed by atoms with Crippen LogP contribution >= 0.6 is 11.8 Å². The third kappa shape index (κ3) is 4.28. The highest BCUT2D eigenvalue weighted by Gasteiger charge is 2.48. The Labute approximate surface area is 167 Å². The summed E-state index contributed by atoms with van der Waals surface area (Å²) in [6.45, 7) is 0.507. The number of thioether (sulfide) groups is 1. The summed E-state index contributed by atoms with van der Waals surface area (Å²) >= 11 is 1.37. The van der Waals surface area contributed by atoms with Crippen LogP contribution in [0.15, 0.2) is 59.6 Å². The number of carbonyl (C=O) groups excluding carboxylic acids is 1. The van der Waals surface area contributed by atoms with Gasteiger partial charge in [0.05, 0.1) is 24.0 Å². The minimum Gasteiger partial charge on any atom is -0.342 e. The number of nitrogens with zero attached hydrogens (tertiary/aromatic N) is 2. The minimum atomic E-state index is -3.07. The van der Waals surface area contributed by atoms with Gasteiger partial charge in [0, 0.05) is 11.8 Å². The first kappa shape index (κ1) is 19.1. The van der Waals surface area contributed by atoms with Crippen molar-refractivity contribution in [2.75, 3.05) is 11.5 Å². The third-order valence-electron chi connectivity index (χ3n) is 4.86. The lowest BCUT2D eigenvalue weighted by atomic mass is 10.1. The molecule has 28 heavy (non-hydrogen) atoms. The summed E-state index contributed by atoms with van der Waals surface area (Å²) in [5.41, 5.74) is 1.72. The normalized spacial score (nSPS) is 24.5. The molecule has 5 nitrogen and oxygen atoms in total. The van der Waals surface area contributed by atoms with Crippen molar-refractivity contribution in [3.05, 3.63) is 71.5 Å². The Kier molecular flexibility index (Phi) is 5.25. The summed E-state index contributed by atoms with van der Waals surface area (Å²) in [4.78, 5) is 18.7. The van der Waals surface area contributed by atoms with E-state index in [1.54, 1.807) is 12.1 Å². The fourth-order valence-corrected chi connectivity index (χ4v) is 7.49. The largest absolute Gasteiger partial charge is 0.342 e. The van der Waals surface area contributed by atoms with E-state index in [0.717, 1.165) is 5.56 Å². The number of fused-ring (bicyclic) bond motifs is 1. The molecule has 2 heterocycles. The molecular formula is C20H19FN2O3S2. The summed E-state index contributed by atoms with van der Waals surface area (Å²) in [5, 5.41) is 0.465. The molecule has 0 bridgehead atoms. The van der Waals surface area contributed by atoms with Crippen LogP contribution in [0.4, 0.5) is 4.39 Å². The van der Waals surface area contributed by atoms with Crippen LogP contribution in [-0.4, -0.2) is 47.2 Å². The molecule has 0 radical (unpaired) electrons. The monoisotopic (exact) mass is 418 g/mol. The number of halogens is 1. The molecular weight excluding hydrogens is 399 g/mol. The van der Waals surface area contributed by atoms with Gasteiger partial charge in [0.15, 0.2) is 15.0 Å². The maximum Gasteiger partial charge on any atom is 0.252 e. The molecule has 0 unspecified atom stereocenters. The molecule has 2 aliphatic heterocycles. The van der Waals surface area contributed by atoms with Crippen molar-refractivity contribution in [1.82, 2.24) is 4.90 Å². The predicted octanol–water partition coefficient (Wildman–Crippen LogP) is 2.67. The average Bonchev–Trinajstić information content (AvgIpc) is 3.10. The number of carbonyl (C=O) groups is 1. The molecule has 2 aromatic carbocycles. The zero-order valence-electron chi connectivity index (χ0n) is 15.0. The smallest absolute Gasteiger partial charge is 0.252 e. The van der Waals surface area contributed by atoms with Crippen molar-refractivity contribution in [3.63, 3.8) is 0 Å². The van der Waals surface area contributed by atoms with Gasteiger partial charge >= 0.3 is 0 Å². The first-order valence-electron chi connectivity index (χ1n) is 8.93. The number of hydrogen-bond donors (Lipinski definition) is 0. The van der Waals surface area contributed by atoms with Crippen LogP contribution < -0.4 is 0 Å². The average molecular weight is 419 g/mol. The van der Waals surface area contributed by atoms with E-state index in [0.29, 0.717) is 17.3 Å². The molecule has 0 aliphatic carbocycles. The van der Waals surface area contributed by atoms with Gasteiger partial charge in [0.2, 0.25) is 0 Å². The fourth-order valence-electron chi connectivity index (χ4n) is 3.52. The van der Waals surface area contributed by atoms with Crippen LogP contribution in [0.25, 0.3) is 0 Å². The van der Waals surface area contributed by atoms with Crippen LogP contribution in [0.2, 0.25) is 0 Å². The molecule has 2 saturated heterocycles. The summed E-state index contributed by atoms with van der Waals surface area (Å²) < 4.78 is 37.2. The molecule has 0 aromatic heterocycles. The Bertz CT molecular complexity index is 1010. The molecule has 0 saturated carbocycles. The topological polar surface area (TPSA) is 66.8 Å². The molecule has 2 atom stereocenters. The Morgan fingerprint density at radius 3 is 2.50 bits per heavy atom. The second-order valence-corrected chi connectivity index (χ2v) is 10.4. The van der Waals surface area contributed by atoms with Crippen molar-refractivity contribution < 1.29 is 17.6 Å². The highest BCUT2D eigenvalue weighted by Crippen LogP contribution is 2.39. The SMILES string of the molecule is O=C(Cc1ccc(F)cc1)N=C1S[C@@H]2CS(=O)(=O)C[C@H]2N1Cc1ccccc1. The van der Waals surface area contributed by atoms with E-state index in [1.807, 2.05) is 35.2 Å². The molecule has 0 spiro atoms. The minimum absolute atomic E-state index is 0.0805. The molecule has 146 valence electrons. The molecule has 8 heteroatoms. The van der Waals surface area contributed by atoms with E-state index in [1.165, 1.54) is 23.9 Å². The lowest BCUT2D eigenvalue weighted by molar-refractivity contribution is -0.117. The van der Waals surface area contributed by atoms with Crippen molar-refractivity contribution in [2.24, 2.45) is 4.99 Å². The van der Waals surface area contributed by atoms with Crippen molar-refractivity contribution in [2.45, 2.75) is 24.3 Å². The molecule has 4 rings (SSSR count). The number of aliphatic imine (C=N–C) groups is 1. The fraction of sp³-hybridized carbons (Fsp3) is 0.300. The second-order valence-electron chi connectivity index (χ2n) is 7.01. The summed E-state index contributed by atoms with van der Waals surface area (Å²) in [7, 11) is -3.07. The van der Waals surface area contributed by atoms with E-state index in [4.69, 9.17) is 0 Å². The van der Waals surface area contributed by atoms with Gasteiger partial charge in [-0.15, -0.1) is 0 Å². The maximum atomic E-state index is 13.0. The van der Waals surface area contributed by atoms with E-state index < -0.39 is 9.84 Å². The number of amidine groups is 1. The third-order valence-corrected chi connectivity index (χ3v) is 8.11. The zero-order chi connectivity index (χ0) is 19.7. The van der Waals surface area contributed by atoms with Crippen molar-refractivity contribution >= 4 is 32.7 Å². The first-order valence-corrected chi connectivity index (χ1v) is 11.6. The van der Waals surface area contributed by atoms with E-state index in [9.17, 15) is 17.6 Å². The number of hydrogen-bond acceptors (Lipinski definition) is 4. The van der Waals surface area contributed by atoms with Gasteiger partial charge in [-0.1, -0.05) is 54.2 Å². The molecule has 2 aromatic rings. The van der Waals surface area contributed by atoms with E-state index >= 15 is 0 Å². The van der Waals surface area contributed by atoms with Gasteiger partial charge in [-0.2, -0.15) is 4.99 Å². The second kappa shape index (κ2) is 7.67. The Balaban J connectivity index is 1.56. The standard InChI is InChI=1S/C20H19FN2O3S2/c21-16-8-6-14(7-9-16)10-19(24)22-20-23(11-15-4-2-1-3-5-15)17-12-28(25,26)13-18(17)27-20/h1-9,17-18H,10-13H2/t17-,18-/m1/s1. The number of amides is 1. The van der Waals surface area contributed by atoms with Crippen LogP contribution in [-0.2, 0) is 27.6 Å². The van der Waals surface area contributed by atoms with Crippen molar-refractivity contribution in [3.8, 4) is 0 Å². The van der Waals surface area contributed by atoms with Gasteiger partial charge in [-0.25, -0.2) is 12.8 Å². The van der Waals surface area contributed by atoms with E-state index in [2.05, 4.69) is 4.99 Å². The molecule has 2 fully saturated rings. The summed E-state index contributed by atoms with van der Waals surface area (Å²) in [6, 6.07) is 15.3. The number of rotatable bonds is 4. The maximum absolute atomic E-state index is 13.0. The van der Waals surface area contributed by atoms with Crippen LogP contribution in [0.1, 0.15) is 11.1 Å². The molecule has 0 N–H and O–H groups in total. The number of benzene rings is 2. The molecule has 2 aliphatic rings. The van der Waals surface area contributed by atoms with Gasteiger partial charge in [0.1, 0.15) is 5.82 Å². The van der Waals surface area contributed by atoms with Crippen LogP contribution in [0.3, 0.4) is 0 Å².